The Balaban J connectivity index is 1.78. The molecule has 1 atom stereocenters. The van der Waals surface area contributed by atoms with Crippen LogP contribution in [0.25, 0.3) is 0 Å². The summed E-state index contributed by atoms with van der Waals surface area (Å²) in [6.45, 7) is -0.609. The number of likely N-dealkylation sites (N-methyl/N-ethyl adjacent to an activating group) is 1. The van der Waals surface area contributed by atoms with Gasteiger partial charge >= 0.3 is 0 Å². The molecule has 0 radical (unpaired) electrons. The molecular formula is C31H29ClFN3O4S. The van der Waals surface area contributed by atoms with Crippen molar-refractivity contribution in [3.05, 3.63) is 131 Å². The van der Waals surface area contributed by atoms with Gasteiger partial charge in [-0.2, -0.15) is 0 Å². The van der Waals surface area contributed by atoms with E-state index in [1.807, 2.05) is 60.7 Å². The van der Waals surface area contributed by atoms with E-state index < -0.39 is 40.2 Å². The molecule has 0 saturated heterocycles. The minimum atomic E-state index is -4.29. The van der Waals surface area contributed by atoms with Gasteiger partial charge in [-0.15, -0.1) is 0 Å². The molecule has 4 rings (SSSR count). The molecule has 0 aliphatic heterocycles. The van der Waals surface area contributed by atoms with Crippen LogP contribution in [0.5, 0.6) is 0 Å². The molecule has 4 aromatic rings. The molecule has 10 heteroatoms. The van der Waals surface area contributed by atoms with Crippen molar-refractivity contribution in [2.75, 3.05) is 17.9 Å². The number of nitrogens with zero attached hydrogens (tertiary/aromatic N) is 2. The third kappa shape index (κ3) is 7.31. The first-order valence-electron chi connectivity index (χ1n) is 12.8. The molecule has 0 heterocycles. The fourth-order valence-corrected chi connectivity index (χ4v) is 5.99. The first kappa shape index (κ1) is 29.8. The molecule has 0 aromatic heterocycles. The lowest BCUT2D eigenvalue weighted by atomic mass is 10.0. The number of nitrogens with one attached hydrogen (secondary N) is 1. The van der Waals surface area contributed by atoms with Crippen LogP contribution in [0.1, 0.15) is 11.1 Å². The Morgan fingerprint density at radius 2 is 1.41 bits per heavy atom. The molecule has 4 aromatic carbocycles. The highest BCUT2D eigenvalue weighted by Gasteiger charge is 2.34. The third-order valence-corrected chi connectivity index (χ3v) is 8.59. The lowest BCUT2D eigenvalue weighted by Gasteiger charge is -2.33. The molecule has 212 valence electrons. The van der Waals surface area contributed by atoms with Crippen molar-refractivity contribution in [3.63, 3.8) is 0 Å². The summed E-state index contributed by atoms with van der Waals surface area (Å²) < 4.78 is 42.6. The van der Waals surface area contributed by atoms with Crippen LogP contribution in [-0.4, -0.2) is 44.8 Å². The third-order valence-electron chi connectivity index (χ3n) is 6.51. The average molecular weight is 594 g/mol. The van der Waals surface area contributed by atoms with Crippen LogP contribution in [0, 0.1) is 5.82 Å². The molecule has 0 spiro atoms. The Kier molecular flexibility index (Phi) is 9.75. The van der Waals surface area contributed by atoms with Crippen LogP contribution in [0.2, 0.25) is 5.02 Å². The molecule has 0 bridgehead atoms. The zero-order chi connectivity index (χ0) is 29.4. The van der Waals surface area contributed by atoms with Gasteiger partial charge in [0, 0.05) is 20.0 Å². The van der Waals surface area contributed by atoms with E-state index in [0.29, 0.717) is 0 Å². The number of hydrogen-bond donors (Lipinski definition) is 1. The quantitative estimate of drug-likeness (QED) is 0.263. The number of sulfonamides is 1. The summed E-state index contributed by atoms with van der Waals surface area (Å²) in [4.78, 5) is 28.7. The molecular weight excluding hydrogens is 565 g/mol. The fourth-order valence-electron chi connectivity index (χ4n) is 4.39. The van der Waals surface area contributed by atoms with E-state index in [9.17, 15) is 22.4 Å². The van der Waals surface area contributed by atoms with Crippen molar-refractivity contribution in [3.8, 4) is 0 Å². The normalized spacial score (nSPS) is 11.9. The van der Waals surface area contributed by atoms with Crippen LogP contribution < -0.4 is 9.62 Å². The van der Waals surface area contributed by atoms with Gasteiger partial charge in [-0.05, 0) is 41.5 Å². The lowest BCUT2D eigenvalue weighted by molar-refractivity contribution is -0.139. The van der Waals surface area contributed by atoms with E-state index in [2.05, 4.69) is 5.32 Å². The Morgan fingerprint density at radius 1 is 0.854 bits per heavy atom. The summed E-state index contributed by atoms with van der Waals surface area (Å²) in [6, 6.07) is 28.5. The summed E-state index contributed by atoms with van der Waals surface area (Å²) in [7, 11) is -2.81. The van der Waals surface area contributed by atoms with Gasteiger partial charge in [0.15, 0.2) is 0 Å². The molecule has 0 saturated carbocycles. The zero-order valence-electron chi connectivity index (χ0n) is 22.3. The van der Waals surface area contributed by atoms with Gasteiger partial charge < -0.3 is 10.2 Å². The van der Waals surface area contributed by atoms with Crippen molar-refractivity contribution in [1.82, 2.24) is 10.2 Å². The molecule has 7 nitrogen and oxygen atoms in total. The Morgan fingerprint density at radius 3 is 1.98 bits per heavy atom. The predicted molar refractivity (Wildman–Crippen MR) is 157 cm³/mol. The maximum Gasteiger partial charge on any atom is 0.264 e. The molecule has 0 unspecified atom stereocenters. The van der Waals surface area contributed by atoms with Crippen LogP contribution in [-0.2, 0) is 32.6 Å². The summed E-state index contributed by atoms with van der Waals surface area (Å²) in [5.74, 6) is -1.76. The number of benzene rings is 4. The van der Waals surface area contributed by atoms with E-state index in [4.69, 9.17) is 11.6 Å². The minimum Gasteiger partial charge on any atom is -0.357 e. The largest absolute Gasteiger partial charge is 0.357 e. The molecule has 1 N–H and O–H groups in total. The number of anilines is 1. The van der Waals surface area contributed by atoms with Crippen LogP contribution in [0.3, 0.4) is 0 Å². The van der Waals surface area contributed by atoms with E-state index in [1.54, 1.807) is 18.2 Å². The predicted octanol–water partition coefficient (Wildman–Crippen LogP) is 5.06. The number of amides is 2. The number of carbonyl (C=O) groups is 2. The molecule has 0 fully saturated rings. The van der Waals surface area contributed by atoms with Crippen molar-refractivity contribution in [2.24, 2.45) is 0 Å². The Hall–Kier alpha value is -4.21. The summed E-state index contributed by atoms with van der Waals surface area (Å²) in [5, 5.41) is 2.34. The van der Waals surface area contributed by atoms with Crippen LogP contribution in [0.4, 0.5) is 10.1 Å². The smallest absolute Gasteiger partial charge is 0.264 e. The SMILES string of the molecule is CNC(=O)[C@@H](Cc1ccccc1)N(Cc1ccccc1)C(=O)CN(c1ccc(F)c(Cl)c1)S(=O)(=O)c1ccccc1. The lowest BCUT2D eigenvalue weighted by Crippen LogP contribution is -2.53. The number of hydrogen-bond acceptors (Lipinski definition) is 4. The van der Waals surface area contributed by atoms with Gasteiger partial charge in [-0.25, -0.2) is 12.8 Å². The highest BCUT2D eigenvalue weighted by molar-refractivity contribution is 7.92. The number of carbonyl (C=O) groups excluding carboxylic acids is 2. The van der Waals surface area contributed by atoms with E-state index >= 15 is 0 Å². The summed E-state index contributed by atoms with van der Waals surface area (Å²) in [6.07, 6.45) is 0.201. The highest BCUT2D eigenvalue weighted by atomic mass is 35.5. The summed E-state index contributed by atoms with van der Waals surface area (Å²) >= 11 is 6.02. The maximum absolute atomic E-state index is 14.1. The Labute approximate surface area is 244 Å². The minimum absolute atomic E-state index is 0.00724. The second-order valence-electron chi connectivity index (χ2n) is 9.25. The van der Waals surface area contributed by atoms with Crippen molar-refractivity contribution < 1.29 is 22.4 Å². The van der Waals surface area contributed by atoms with Gasteiger partial charge in [0.2, 0.25) is 11.8 Å². The first-order chi connectivity index (χ1) is 19.7. The molecule has 0 aliphatic rings. The first-order valence-corrected chi connectivity index (χ1v) is 14.6. The fraction of sp³-hybridized carbons (Fsp3) is 0.161. The number of halogens is 2. The van der Waals surface area contributed by atoms with Gasteiger partial charge in [0.1, 0.15) is 18.4 Å². The van der Waals surface area contributed by atoms with Crippen LogP contribution in [0.15, 0.2) is 114 Å². The van der Waals surface area contributed by atoms with Gasteiger partial charge in [-0.1, -0.05) is 90.5 Å². The monoisotopic (exact) mass is 593 g/mol. The standard InChI is InChI=1S/C31H29ClFN3O4S/c1-34-31(38)29(19-23-11-5-2-6-12-23)35(21-24-13-7-3-8-14-24)30(37)22-36(25-17-18-28(33)27(32)20-25)41(39,40)26-15-9-4-10-16-26/h2-18,20,29H,19,21-22H2,1H3,(H,34,38)/t29-/m1/s1. The van der Waals surface area contributed by atoms with Gasteiger partial charge in [-0.3, -0.25) is 13.9 Å². The maximum atomic E-state index is 14.1. The van der Waals surface area contributed by atoms with Crippen molar-refractivity contribution in [2.45, 2.75) is 23.9 Å². The molecule has 41 heavy (non-hydrogen) atoms. The summed E-state index contributed by atoms with van der Waals surface area (Å²) in [5.41, 5.74) is 1.59. The van der Waals surface area contributed by atoms with E-state index in [-0.39, 0.29) is 28.6 Å². The number of rotatable bonds is 11. The highest BCUT2D eigenvalue weighted by Crippen LogP contribution is 2.28. The van der Waals surface area contributed by atoms with Crippen LogP contribution >= 0.6 is 11.6 Å². The second-order valence-corrected chi connectivity index (χ2v) is 11.5. The molecule has 0 aliphatic carbocycles. The average Bonchev–Trinajstić information content (AvgIpc) is 3.00. The Bertz CT molecular complexity index is 1590. The zero-order valence-corrected chi connectivity index (χ0v) is 23.9. The van der Waals surface area contributed by atoms with Crippen molar-refractivity contribution >= 4 is 39.1 Å². The second kappa shape index (κ2) is 13.4. The van der Waals surface area contributed by atoms with Gasteiger partial charge in [0.05, 0.1) is 15.6 Å². The van der Waals surface area contributed by atoms with E-state index in [1.165, 1.54) is 30.1 Å². The topological polar surface area (TPSA) is 86.8 Å². The van der Waals surface area contributed by atoms with E-state index in [0.717, 1.165) is 27.6 Å². The van der Waals surface area contributed by atoms with Crippen molar-refractivity contribution in [1.29, 1.82) is 0 Å². The molecule has 2 amide bonds. The van der Waals surface area contributed by atoms with Gasteiger partial charge in [0.25, 0.3) is 10.0 Å².